The molecular weight excluding hydrogens is 330 g/mol. The third-order valence-electron chi connectivity index (χ3n) is 3.31. The van der Waals surface area contributed by atoms with Gasteiger partial charge in [-0.15, -0.1) is 0 Å². The largest absolute Gasteiger partial charge is 0.355 e. The van der Waals surface area contributed by atoms with Gasteiger partial charge in [0.15, 0.2) is 5.15 Å². The number of nitrogens with zero attached hydrogens (tertiary/aromatic N) is 5. The van der Waals surface area contributed by atoms with Gasteiger partial charge >= 0.3 is 0 Å². The minimum Gasteiger partial charge on any atom is -0.355 e. The molecule has 0 spiro atoms. The van der Waals surface area contributed by atoms with Crippen molar-refractivity contribution in [1.29, 1.82) is 10.5 Å². The van der Waals surface area contributed by atoms with Gasteiger partial charge in [-0.1, -0.05) is 23.7 Å². The summed E-state index contributed by atoms with van der Waals surface area (Å²) in [6.07, 6.45) is 0. The van der Waals surface area contributed by atoms with Crippen LogP contribution < -0.4 is 4.90 Å². The van der Waals surface area contributed by atoms with Crippen LogP contribution in [0.1, 0.15) is 16.7 Å². The lowest BCUT2D eigenvalue weighted by atomic mass is 10.1. The minimum atomic E-state index is 0.252. The smallest absolute Gasteiger partial charge is 0.162 e. The van der Waals surface area contributed by atoms with Crippen molar-refractivity contribution in [3.05, 3.63) is 46.1 Å². The standard InChI is InChI=1S/C16H16ClN5S/c1-21(2)7-8-22(16-14(10-19)15(17)20-23-16)11-13-5-3-12(9-18)4-6-13/h3-6H,7-8,11H2,1-2H3. The Morgan fingerprint density at radius 2 is 1.83 bits per heavy atom. The Bertz CT molecular complexity index is 739. The molecule has 0 unspecified atom stereocenters. The molecule has 0 amide bonds. The molecule has 0 N–H and O–H groups in total. The van der Waals surface area contributed by atoms with E-state index in [0.717, 1.165) is 23.7 Å². The molecule has 23 heavy (non-hydrogen) atoms. The van der Waals surface area contributed by atoms with Crippen LogP contribution in [0.3, 0.4) is 0 Å². The Morgan fingerprint density at radius 3 is 2.39 bits per heavy atom. The number of hydrogen-bond acceptors (Lipinski definition) is 6. The summed E-state index contributed by atoms with van der Waals surface area (Å²) in [6, 6.07) is 11.7. The monoisotopic (exact) mass is 345 g/mol. The van der Waals surface area contributed by atoms with Crippen LogP contribution in [0.4, 0.5) is 5.00 Å². The number of likely N-dealkylation sites (N-methyl/N-ethyl adjacent to an activating group) is 1. The van der Waals surface area contributed by atoms with Gasteiger partial charge in [-0.25, -0.2) is 0 Å². The van der Waals surface area contributed by atoms with E-state index in [1.807, 2.05) is 26.2 Å². The topological polar surface area (TPSA) is 66.9 Å². The Balaban J connectivity index is 2.26. The Morgan fingerprint density at radius 1 is 1.13 bits per heavy atom. The molecule has 118 valence electrons. The molecule has 0 radical (unpaired) electrons. The molecular formula is C16H16ClN5S. The van der Waals surface area contributed by atoms with E-state index in [0.29, 0.717) is 17.7 Å². The van der Waals surface area contributed by atoms with Gasteiger partial charge in [0.25, 0.3) is 0 Å². The highest BCUT2D eigenvalue weighted by molar-refractivity contribution is 7.10. The zero-order valence-corrected chi connectivity index (χ0v) is 14.5. The van der Waals surface area contributed by atoms with Gasteiger partial charge in [0.2, 0.25) is 0 Å². The molecule has 1 heterocycles. The first-order valence-corrected chi connectivity index (χ1v) is 8.14. The number of rotatable bonds is 6. The summed E-state index contributed by atoms with van der Waals surface area (Å²) in [5.41, 5.74) is 2.12. The van der Waals surface area contributed by atoms with Gasteiger partial charge in [0.05, 0.1) is 11.6 Å². The van der Waals surface area contributed by atoms with Crippen molar-refractivity contribution < 1.29 is 0 Å². The summed E-state index contributed by atoms with van der Waals surface area (Å²) >= 11 is 7.24. The van der Waals surface area contributed by atoms with E-state index in [-0.39, 0.29) is 5.15 Å². The van der Waals surface area contributed by atoms with Crippen molar-refractivity contribution in [2.75, 3.05) is 32.1 Å². The van der Waals surface area contributed by atoms with Gasteiger partial charge in [-0.2, -0.15) is 14.9 Å². The first-order valence-electron chi connectivity index (χ1n) is 6.99. The molecule has 0 aliphatic rings. The molecule has 0 bridgehead atoms. The summed E-state index contributed by atoms with van der Waals surface area (Å²) in [5, 5.41) is 19.2. The van der Waals surface area contributed by atoms with Crippen molar-refractivity contribution in [2.45, 2.75) is 6.54 Å². The average Bonchev–Trinajstić information content (AvgIpc) is 2.92. The minimum absolute atomic E-state index is 0.252. The Hall–Kier alpha value is -2.12. The molecule has 1 aromatic heterocycles. The fourth-order valence-corrected chi connectivity index (χ4v) is 3.10. The number of halogens is 1. The molecule has 5 nitrogen and oxygen atoms in total. The molecule has 0 saturated heterocycles. The molecule has 2 aromatic rings. The number of hydrogen-bond donors (Lipinski definition) is 0. The normalized spacial score (nSPS) is 10.3. The quantitative estimate of drug-likeness (QED) is 0.804. The molecule has 0 saturated carbocycles. The van der Waals surface area contributed by atoms with E-state index in [2.05, 4.69) is 26.3 Å². The van der Waals surface area contributed by atoms with Gasteiger partial charge in [-0.05, 0) is 43.3 Å². The van der Waals surface area contributed by atoms with Crippen LogP contribution in [0.2, 0.25) is 5.15 Å². The second kappa shape index (κ2) is 7.94. The van der Waals surface area contributed by atoms with E-state index in [1.54, 1.807) is 12.1 Å². The number of nitriles is 2. The Labute approximate surface area is 145 Å². The van der Waals surface area contributed by atoms with Gasteiger partial charge in [0.1, 0.15) is 16.6 Å². The maximum Gasteiger partial charge on any atom is 0.162 e. The SMILES string of the molecule is CN(C)CCN(Cc1ccc(C#N)cc1)c1snc(Cl)c1C#N. The molecule has 0 aliphatic carbocycles. The fraction of sp³-hybridized carbons (Fsp3) is 0.312. The average molecular weight is 346 g/mol. The van der Waals surface area contributed by atoms with Crippen molar-refractivity contribution >= 4 is 28.1 Å². The van der Waals surface area contributed by atoms with Crippen molar-refractivity contribution in [2.24, 2.45) is 0 Å². The molecule has 0 fully saturated rings. The number of benzene rings is 1. The maximum absolute atomic E-state index is 9.31. The second-order valence-electron chi connectivity index (χ2n) is 5.30. The molecule has 2 rings (SSSR count). The van der Waals surface area contributed by atoms with Crippen LogP contribution >= 0.6 is 23.1 Å². The zero-order valence-electron chi connectivity index (χ0n) is 13.0. The van der Waals surface area contributed by atoms with E-state index in [9.17, 15) is 5.26 Å². The fourth-order valence-electron chi connectivity index (χ4n) is 2.05. The third kappa shape index (κ3) is 4.43. The van der Waals surface area contributed by atoms with Crippen LogP contribution in [-0.2, 0) is 6.54 Å². The number of anilines is 1. The van der Waals surface area contributed by atoms with Crippen LogP contribution in [0.15, 0.2) is 24.3 Å². The lowest BCUT2D eigenvalue weighted by Gasteiger charge is -2.25. The molecule has 0 atom stereocenters. The second-order valence-corrected chi connectivity index (χ2v) is 6.41. The summed E-state index contributed by atoms with van der Waals surface area (Å²) in [6.45, 7) is 2.23. The van der Waals surface area contributed by atoms with Crippen molar-refractivity contribution in [1.82, 2.24) is 9.27 Å². The Kier molecular flexibility index (Phi) is 5.95. The summed E-state index contributed by atoms with van der Waals surface area (Å²) < 4.78 is 4.09. The zero-order chi connectivity index (χ0) is 16.8. The molecule has 7 heteroatoms. The first-order chi connectivity index (χ1) is 11.0. The van der Waals surface area contributed by atoms with Gasteiger partial charge in [-0.3, -0.25) is 0 Å². The first kappa shape index (κ1) is 17.2. The molecule has 0 aliphatic heterocycles. The highest BCUT2D eigenvalue weighted by Gasteiger charge is 2.18. The van der Waals surface area contributed by atoms with Crippen LogP contribution in [0, 0.1) is 22.7 Å². The van der Waals surface area contributed by atoms with Crippen LogP contribution in [0.25, 0.3) is 0 Å². The maximum atomic E-state index is 9.31. The predicted molar refractivity (Wildman–Crippen MR) is 92.6 cm³/mol. The number of aromatic nitrogens is 1. The third-order valence-corrected chi connectivity index (χ3v) is 4.59. The van der Waals surface area contributed by atoms with E-state index in [1.165, 1.54) is 11.5 Å². The lowest BCUT2D eigenvalue weighted by molar-refractivity contribution is 0.413. The van der Waals surface area contributed by atoms with E-state index < -0.39 is 0 Å². The summed E-state index contributed by atoms with van der Waals surface area (Å²) in [5.74, 6) is 0. The van der Waals surface area contributed by atoms with Gasteiger partial charge in [0, 0.05) is 19.6 Å². The highest BCUT2D eigenvalue weighted by Crippen LogP contribution is 2.32. The summed E-state index contributed by atoms with van der Waals surface area (Å²) in [4.78, 5) is 4.18. The van der Waals surface area contributed by atoms with E-state index >= 15 is 0 Å². The van der Waals surface area contributed by atoms with Crippen LogP contribution in [-0.4, -0.2) is 36.5 Å². The predicted octanol–water partition coefficient (Wildman–Crippen LogP) is 3.11. The van der Waals surface area contributed by atoms with Crippen molar-refractivity contribution in [3.63, 3.8) is 0 Å². The summed E-state index contributed by atoms with van der Waals surface area (Å²) in [7, 11) is 4.01. The highest BCUT2D eigenvalue weighted by atomic mass is 35.5. The molecule has 1 aromatic carbocycles. The lowest BCUT2D eigenvalue weighted by Crippen LogP contribution is -2.31. The van der Waals surface area contributed by atoms with Crippen LogP contribution in [0.5, 0.6) is 0 Å². The van der Waals surface area contributed by atoms with Crippen molar-refractivity contribution in [3.8, 4) is 12.1 Å². The van der Waals surface area contributed by atoms with E-state index in [4.69, 9.17) is 16.9 Å². The van der Waals surface area contributed by atoms with Gasteiger partial charge < -0.3 is 9.80 Å².